The van der Waals surface area contributed by atoms with Crippen LogP contribution in [0.2, 0.25) is 0 Å². The summed E-state index contributed by atoms with van der Waals surface area (Å²) in [6.07, 6.45) is 0.869. The van der Waals surface area contributed by atoms with Gasteiger partial charge in [-0.2, -0.15) is 0 Å². The van der Waals surface area contributed by atoms with Gasteiger partial charge in [-0.15, -0.1) is 0 Å². The predicted molar refractivity (Wildman–Crippen MR) is 94.2 cm³/mol. The minimum atomic E-state index is -0.749. The molecule has 3 rings (SSSR count). The summed E-state index contributed by atoms with van der Waals surface area (Å²) in [4.78, 5) is 2.35. The van der Waals surface area contributed by atoms with E-state index in [-0.39, 0.29) is 12.2 Å². The summed E-state index contributed by atoms with van der Waals surface area (Å²) in [7, 11) is 1.65. The molecule has 2 N–H and O–H groups in total. The summed E-state index contributed by atoms with van der Waals surface area (Å²) in [5.74, 6) is 1.54. The van der Waals surface area contributed by atoms with E-state index in [0.29, 0.717) is 13.0 Å². The molecule has 25 heavy (non-hydrogen) atoms. The lowest BCUT2D eigenvalue weighted by atomic mass is 9.82. The number of benzene rings is 1. The molecule has 6 nitrogen and oxygen atoms in total. The number of aliphatic hydroxyl groups excluding tert-OH is 2. The van der Waals surface area contributed by atoms with E-state index in [1.807, 2.05) is 25.1 Å². The summed E-state index contributed by atoms with van der Waals surface area (Å²) in [6, 6.07) is 5.94. The maximum Gasteiger partial charge on any atom is 0.161 e. The van der Waals surface area contributed by atoms with Crippen LogP contribution in [0, 0.1) is 6.92 Å². The molecule has 2 heterocycles. The second kappa shape index (κ2) is 7.91. The second-order valence-corrected chi connectivity index (χ2v) is 7.18. The normalized spacial score (nSPS) is 26.6. The molecule has 0 amide bonds. The van der Waals surface area contributed by atoms with Gasteiger partial charge in [0.15, 0.2) is 11.5 Å². The molecule has 2 aliphatic heterocycles. The van der Waals surface area contributed by atoms with Gasteiger partial charge in [-0.05, 0) is 37.5 Å². The zero-order chi connectivity index (χ0) is 17.9. The highest BCUT2D eigenvalue weighted by Gasteiger charge is 2.42. The number of hydrogen-bond acceptors (Lipinski definition) is 6. The Kier molecular flexibility index (Phi) is 5.84. The van der Waals surface area contributed by atoms with E-state index in [1.165, 1.54) is 0 Å². The number of ether oxygens (including phenoxy) is 3. The van der Waals surface area contributed by atoms with Crippen LogP contribution in [0.5, 0.6) is 11.5 Å². The molecular formula is C19H29NO5. The van der Waals surface area contributed by atoms with Crippen molar-refractivity contribution in [1.82, 2.24) is 4.90 Å². The molecule has 1 aromatic carbocycles. The first-order valence-corrected chi connectivity index (χ1v) is 9.01. The lowest BCUT2D eigenvalue weighted by Crippen LogP contribution is -2.54. The number of likely N-dealkylation sites (tertiary alicyclic amines) is 1. The predicted octanol–water partition coefficient (Wildman–Crippen LogP) is 1.36. The van der Waals surface area contributed by atoms with Gasteiger partial charge in [-0.3, -0.25) is 4.90 Å². The van der Waals surface area contributed by atoms with E-state index < -0.39 is 12.2 Å². The fourth-order valence-corrected chi connectivity index (χ4v) is 3.66. The maximum absolute atomic E-state index is 9.92. The average Bonchev–Trinajstić information content (AvgIpc) is 2.61. The van der Waals surface area contributed by atoms with Crippen LogP contribution < -0.4 is 9.47 Å². The fraction of sp³-hybridized carbons (Fsp3) is 0.684. The first-order chi connectivity index (χ1) is 12.0. The van der Waals surface area contributed by atoms with Gasteiger partial charge in [0.1, 0.15) is 12.7 Å². The zero-order valence-electron chi connectivity index (χ0n) is 15.1. The maximum atomic E-state index is 9.92. The number of piperidine rings is 1. The molecule has 1 aromatic rings. The van der Waals surface area contributed by atoms with E-state index in [0.717, 1.165) is 49.5 Å². The minimum Gasteiger partial charge on any atom is -0.493 e. The molecule has 0 radical (unpaired) electrons. The van der Waals surface area contributed by atoms with E-state index in [4.69, 9.17) is 14.2 Å². The topological polar surface area (TPSA) is 71.4 Å². The Balaban J connectivity index is 1.44. The van der Waals surface area contributed by atoms with Crippen molar-refractivity contribution >= 4 is 0 Å². The Bertz CT molecular complexity index is 571. The minimum absolute atomic E-state index is 0.234. The zero-order valence-corrected chi connectivity index (χ0v) is 15.1. The molecule has 0 aromatic heterocycles. The number of aliphatic hydroxyl groups is 2. The third-order valence-electron chi connectivity index (χ3n) is 5.34. The lowest BCUT2D eigenvalue weighted by Gasteiger charge is -2.46. The van der Waals surface area contributed by atoms with Crippen LogP contribution in [-0.2, 0) is 4.74 Å². The number of methoxy groups -OCH3 is 1. The molecule has 2 saturated heterocycles. The Morgan fingerprint density at radius 3 is 2.64 bits per heavy atom. The first-order valence-electron chi connectivity index (χ1n) is 9.01. The molecule has 0 aliphatic carbocycles. The SMILES string of the molecule is COc1cc(C)ccc1OCCN1CCC2(CC1)C[C@@H](O)[C@@H](O)CO2. The molecule has 6 heteroatoms. The Hall–Kier alpha value is -1.34. The molecule has 1 spiro atoms. The van der Waals surface area contributed by atoms with Crippen LogP contribution in [0.1, 0.15) is 24.8 Å². The van der Waals surface area contributed by atoms with Crippen LogP contribution in [0.15, 0.2) is 18.2 Å². The van der Waals surface area contributed by atoms with E-state index in [1.54, 1.807) is 7.11 Å². The molecule has 0 unspecified atom stereocenters. The second-order valence-electron chi connectivity index (χ2n) is 7.18. The largest absolute Gasteiger partial charge is 0.493 e. The van der Waals surface area contributed by atoms with Gasteiger partial charge >= 0.3 is 0 Å². The van der Waals surface area contributed by atoms with Crippen LogP contribution in [-0.4, -0.2) is 72.9 Å². The molecule has 2 aliphatic rings. The Morgan fingerprint density at radius 1 is 1.20 bits per heavy atom. The summed E-state index contributed by atoms with van der Waals surface area (Å²) < 4.78 is 17.1. The standard InChI is InChI=1S/C19H29NO5/c1-14-3-4-17(18(11-14)23-2)24-10-9-20-7-5-19(6-8-20)12-15(21)16(22)13-25-19/h3-4,11,15-16,21-22H,5-10,12-13H2,1-2H3/t15-,16+/m1/s1. The van der Waals surface area contributed by atoms with E-state index in [9.17, 15) is 10.2 Å². The fourth-order valence-electron chi connectivity index (χ4n) is 3.66. The van der Waals surface area contributed by atoms with Crippen LogP contribution in [0.4, 0.5) is 0 Å². The number of aryl methyl sites for hydroxylation is 1. The molecule has 0 saturated carbocycles. The number of hydrogen-bond donors (Lipinski definition) is 2. The van der Waals surface area contributed by atoms with E-state index >= 15 is 0 Å². The van der Waals surface area contributed by atoms with Gasteiger partial charge in [-0.25, -0.2) is 0 Å². The van der Waals surface area contributed by atoms with Crippen molar-refractivity contribution in [2.45, 2.75) is 44.0 Å². The van der Waals surface area contributed by atoms with Crippen molar-refractivity contribution < 1.29 is 24.4 Å². The lowest BCUT2D eigenvalue weighted by molar-refractivity contribution is -0.187. The van der Waals surface area contributed by atoms with Crippen molar-refractivity contribution in [1.29, 1.82) is 0 Å². The Labute approximate surface area is 149 Å². The average molecular weight is 351 g/mol. The summed E-state index contributed by atoms with van der Waals surface area (Å²) in [6.45, 7) is 5.54. The number of nitrogens with zero attached hydrogens (tertiary/aromatic N) is 1. The third kappa shape index (κ3) is 4.44. The van der Waals surface area contributed by atoms with Crippen molar-refractivity contribution in [2.75, 3.05) is 40.0 Å². The Morgan fingerprint density at radius 2 is 1.96 bits per heavy atom. The van der Waals surface area contributed by atoms with Crippen molar-refractivity contribution in [2.24, 2.45) is 0 Å². The highest BCUT2D eigenvalue weighted by molar-refractivity contribution is 5.42. The molecule has 140 valence electrons. The van der Waals surface area contributed by atoms with Crippen molar-refractivity contribution in [3.63, 3.8) is 0 Å². The number of rotatable bonds is 5. The first kappa shape index (κ1) is 18.5. The smallest absolute Gasteiger partial charge is 0.161 e. The highest BCUT2D eigenvalue weighted by atomic mass is 16.5. The van der Waals surface area contributed by atoms with Gasteiger partial charge in [0.2, 0.25) is 0 Å². The highest BCUT2D eigenvalue weighted by Crippen LogP contribution is 2.35. The van der Waals surface area contributed by atoms with Gasteiger partial charge in [0.25, 0.3) is 0 Å². The molecule has 2 fully saturated rings. The van der Waals surface area contributed by atoms with Gasteiger partial charge < -0.3 is 24.4 Å². The van der Waals surface area contributed by atoms with Crippen LogP contribution >= 0.6 is 0 Å². The molecule has 2 atom stereocenters. The van der Waals surface area contributed by atoms with Gasteiger partial charge in [-0.1, -0.05) is 6.07 Å². The quantitative estimate of drug-likeness (QED) is 0.835. The monoisotopic (exact) mass is 351 g/mol. The van der Waals surface area contributed by atoms with Crippen LogP contribution in [0.3, 0.4) is 0 Å². The van der Waals surface area contributed by atoms with Crippen molar-refractivity contribution in [3.05, 3.63) is 23.8 Å². The van der Waals surface area contributed by atoms with Gasteiger partial charge in [0.05, 0.1) is 25.4 Å². The summed E-state index contributed by atoms with van der Waals surface area (Å²) in [5.41, 5.74) is 0.876. The third-order valence-corrected chi connectivity index (χ3v) is 5.34. The van der Waals surface area contributed by atoms with Crippen LogP contribution in [0.25, 0.3) is 0 Å². The van der Waals surface area contributed by atoms with Crippen molar-refractivity contribution in [3.8, 4) is 11.5 Å². The van der Waals surface area contributed by atoms with Gasteiger partial charge in [0, 0.05) is 26.1 Å². The molecule has 0 bridgehead atoms. The summed E-state index contributed by atoms with van der Waals surface area (Å²) >= 11 is 0. The summed E-state index contributed by atoms with van der Waals surface area (Å²) in [5, 5.41) is 19.5. The molecular weight excluding hydrogens is 322 g/mol. The van der Waals surface area contributed by atoms with E-state index in [2.05, 4.69) is 4.90 Å².